The van der Waals surface area contributed by atoms with E-state index in [1.165, 1.54) is 6.92 Å². The van der Waals surface area contributed by atoms with Crippen LogP contribution in [0.25, 0.3) is 0 Å². The number of aliphatic hydroxyl groups excluding tert-OH is 2. The van der Waals surface area contributed by atoms with Crippen molar-refractivity contribution in [2.24, 2.45) is 0 Å². The summed E-state index contributed by atoms with van der Waals surface area (Å²) in [6.07, 6.45) is 0. The Balaban J connectivity index is 3.29. The van der Waals surface area contributed by atoms with Gasteiger partial charge in [0.1, 0.15) is 5.82 Å². The lowest BCUT2D eigenvalue weighted by molar-refractivity contribution is 0.0691. The van der Waals surface area contributed by atoms with E-state index in [9.17, 15) is 17.6 Å². The molecule has 0 aliphatic heterocycles. The molecule has 0 unspecified atom stereocenters. The van der Waals surface area contributed by atoms with Crippen molar-refractivity contribution < 1.29 is 32.9 Å². The Kier molecular flexibility index (Phi) is 5.17. The lowest BCUT2D eigenvalue weighted by Crippen LogP contribution is -2.40. The number of hydrogen-bond donors (Lipinski definition) is 4. The van der Waals surface area contributed by atoms with Gasteiger partial charge in [0.05, 0.1) is 29.7 Å². The normalized spacial score (nSPS) is 11.8. The topological polar surface area (TPSA) is 124 Å². The fourth-order valence-electron chi connectivity index (χ4n) is 1.47. The second kappa shape index (κ2) is 6.27. The molecular formula is C11H14FNO6S. The van der Waals surface area contributed by atoms with E-state index in [-0.39, 0.29) is 5.56 Å². The Morgan fingerprint density at radius 2 is 1.90 bits per heavy atom. The van der Waals surface area contributed by atoms with Crippen LogP contribution in [-0.4, -0.2) is 49.0 Å². The summed E-state index contributed by atoms with van der Waals surface area (Å²) in [6, 6.07) is 0.521. The number of aliphatic hydroxyl groups is 2. The number of hydrogen-bond acceptors (Lipinski definition) is 5. The van der Waals surface area contributed by atoms with E-state index in [1.54, 1.807) is 0 Å². The summed E-state index contributed by atoms with van der Waals surface area (Å²) in [5.41, 5.74) is -0.912. The van der Waals surface area contributed by atoms with Gasteiger partial charge in [-0.3, -0.25) is 0 Å². The van der Waals surface area contributed by atoms with E-state index in [0.717, 1.165) is 6.07 Å². The van der Waals surface area contributed by atoms with Crippen molar-refractivity contribution in [1.82, 2.24) is 4.72 Å². The van der Waals surface area contributed by atoms with E-state index in [4.69, 9.17) is 15.3 Å². The molecule has 9 heteroatoms. The third-order valence-electron chi connectivity index (χ3n) is 2.53. The first-order chi connectivity index (χ1) is 9.22. The Labute approximate surface area is 114 Å². The maximum absolute atomic E-state index is 13.5. The molecular weight excluding hydrogens is 293 g/mol. The van der Waals surface area contributed by atoms with Gasteiger partial charge in [-0.1, -0.05) is 0 Å². The first kappa shape index (κ1) is 16.5. The maximum Gasteiger partial charge on any atom is 0.338 e. The number of nitrogens with one attached hydrogen (secondary N) is 1. The molecule has 0 aliphatic carbocycles. The summed E-state index contributed by atoms with van der Waals surface area (Å²) in [7, 11) is -4.18. The van der Waals surface area contributed by atoms with Crippen LogP contribution in [0.1, 0.15) is 15.9 Å². The van der Waals surface area contributed by atoms with Crippen LogP contribution >= 0.6 is 0 Å². The molecule has 4 N–H and O–H groups in total. The fourth-order valence-corrected chi connectivity index (χ4v) is 2.80. The van der Waals surface area contributed by atoms with Crippen LogP contribution in [0.2, 0.25) is 0 Å². The van der Waals surface area contributed by atoms with E-state index < -0.39 is 51.5 Å². The summed E-state index contributed by atoms with van der Waals surface area (Å²) in [4.78, 5) is 10.4. The monoisotopic (exact) mass is 307 g/mol. The standard InChI is InChI=1S/C11H14FNO6S/c1-6-2-8(3-9(10(6)12)11(16)17)20(18,19)13-7(4-14)5-15/h2-3,7,13-15H,4-5H2,1H3,(H,16,17). The number of rotatable bonds is 6. The molecule has 112 valence electrons. The van der Waals surface area contributed by atoms with Crippen molar-refractivity contribution in [3.05, 3.63) is 29.1 Å². The van der Waals surface area contributed by atoms with Gasteiger partial charge in [0.25, 0.3) is 0 Å². The predicted octanol–water partition coefficient (Wildman–Crippen LogP) is -0.536. The second-order valence-electron chi connectivity index (χ2n) is 4.09. The van der Waals surface area contributed by atoms with Crippen molar-refractivity contribution in [2.75, 3.05) is 13.2 Å². The fraction of sp³-hybridized carbons (Fsp3) is 0.364. The van der Waals surface area contributed by atoms with Crippen LogP contribution in [0.4, 0.5) is 4.39 Å². The summed E-state index contributed by atoms with van der Waals surface area (Å²) in [5.74, 6) is -2.61. The third kappa shape index (κ3) is 3.51. The molecule has 0 spiro atoms. The molecule has 0 saturated heterocycles. The molecule has 0 aromatic heterocycles. The Morgan fingerprint density at radius 3 is 2.35 bits per heavy atom. The first-order valence-electron chi connectivity index (χ1n) is 5.50. The van der Waals surface area contributed by atoms with E-state index in [1.807, 2.05) is 4.72 Å². The number of halogens is 1. The van der Waals surface area contributed by atoms with E-state index >= 15 is 0 Å². The Hall–Kier alpha value is -1.55. The zero-order chi connectivity index (χ0) is 15.5. The smallest absolute Gasteiger partial charge is 0.338 e. The van der Waals surface area contributed by atoms with Gasteiger partial charge in [0.15, 0.2) is 0 Å². The van der Waals surface area contributed by atoms with Gasteiger partial charge < -0.3 is 15.3 Å². The van der Waals surface area contributed by atoms with Crippen molar-refractivity contribution in [1.29, 1.82) is 0 Å². The van der Waals surface area contributed by atoms with Crippen LogP contribution in [0.5, 0.6) is 0 Å². The number of carboxylic acid groups (broad SMARTS) is 1. The number of benzene rings is 1. The predicted molar refractivity (Wildman–Crippen MR) is 66.4 cm³/mol. The molecule has 20 heavy (non-hydrogen) atoms. The second-order valence-corrected chi connectivity index (χ2v) is 5.80. The highest BCUT2D eigenvalue weighted by molar-refractivity contribution is 7.89. The van der Waals surface area contributed by atoms with Gasteiger partial charge in [-0.2, -0.15) is 0 Å². The molecule has 0 amide bonds. The highest BCUT2D eigenvalue weighted by atomic mass is 32.2. The minimum Gasteiger partial charge on any atom is -0.478 e. The SMILES string of the molecule is Cc1cc(S(=O)(=O)NC(CO)CO)cc(C(=O)O)c1F. The molecule has 1 aromatic carbocycles. The number of aryl methyl sites for hydroxylation is 1. The van der Waals surface area contributed by atoms with Gasteiger partial charge in [-0.15, -0.1) is 0 Å². The molecule has 1 aromatic rings. The van der Waals surface area contributed by atoms with Gasteiger partial charge in [0, 0.05) is 0 Å². The van der Waals surface area contributed by atoms with E-state index in [2.05, 4.69) is 0 Å². The summed E-state index contributed by atoms with van der Waals surface area (Å²) < 4.78 is 39.4. The lowest BCUT2D eigenvalue weighted by Gasteiger charge is -2.14. The zero-order valence-electron chi connectivity index (χ0n) is 10.5. The van der Waals surface area contributed by atoms with Crippen LogP contribution in [0, 0.1) is 12.7 Å². The molecule has 7 nitrogen and oxygen atoms in total. The van der Waals surface area contributed by atoms with E-state index in [0.29, 0.717) is 6.07 Å². The minimum absolute atomic E-state index is 0.144. The maximum atomic E-state index is 13.5. The number of carboxylic acids is 1. The molecule has 0 heterocycles. The molecule has 0 radical (unpaired) electrons. The molecule has 0 bridgehead atoms. The third-order valence-corrected chi connectivity index (χ3v) is 4.03. The van der Waals surface area contributed by atoms with Crippen molar-refractivity contribution in [3.63, 3.8) is 0 Å². The molecule has 0 saturated carbocycles. The highest BCUT2D eigenvalue weighted by Crippen LogP contribution is 2.19. The minimum atomic E-state index is -4.18. The number of sulfonamides is 1. The van der Waals surface area contributed by atoms with Crippen molar-refractivity contribution >= 4 is 16.0 Å². The molecule has 0 atom stereocenters. The Bertz CT molecular complexity index is 612. The van der Waals surface area contributed by atoms with Crippen LogP contribution in [0.3, 0.4) is 0 Å². The van der Waals surface area contributed by atoms with Gasteiger partial charge in [0.2, 0.25) is 10.0 Å². The van der Waals surface area contributed by atoms with Gasteiger partial charge in [-0.25, -0.2) is 22.3 Å². The molecule has 0 fully saturated rings. The van der Waals surface area contributed by atoms with Crippen molar-refractivity contribution in [3.8, 4) is 0 Å². The number of aromatic carboxylic acids is 1. The Morgan fingerprint density at radius 1 is 1.35 bits per heavy atom. The molecule has 1 rings (SSSR count). The highest BCUT2D eigenvalue weighted by Gasteiger charge is 2.23. The van der Waals surface area contributed by atoms with Crippen LogP contribution in [-0.2, 0) is 10.0 Å². The number of carbonyl (C=O) groups is 1. The summed E-state index contributed by atoms with van der Waals surface area (Å²) >= 11 is 0. The van der Waals surface area contributed by atoms with Crippen LogP contribution < -0.4 is 4.72 Å². The van der Waals surface area contributed by atoms with Gasteiger partial charge >= 0.3 is 5.97 Å². The van der Waals surface area contributed by atoms with Crippen LogP contribution in [0.15, 0.2) is 17.0 Å². The quantitative estimate of drug-likeness (QED) is 0.560. The lowest BCUT2D eigenvalue weighted by atomic mass is 10.1. The zero-order valence-corrected chi connectivity index (χ0v) is 11.3. The average Bonchev–Trinajstić information content (AvgIpc) is 2.38. The summed E-state index contributed by atoms with van der Waals surface area (Å²) in [5, 5.41) is 26.5. The summed E-state index contributed by atoms with van der Waals surface area (Å²) in [6.45, 7) is -0.0419. The average molecular weight is 307 g/mol. The first-order valence-corrected chi connectivity index (χ1v) is 6.98. The molecule has 0 aliphatic rings. The van der Waals surface area contributed by atoms with Crippen molar-refractivity contribution in [2.45, 2.75) is 17.9 Å². The largest absolute Gasteiger partial charge is 0.478 e. The van der Waals surface area contributed by atoms with Gasteiger partial charge in [-0.05, 0) is 24.6 Å².